The Labute approximate surface area is 212 Å². The average Bonchev–Trinajstić information content (AvgIpc) is 3.17. The fourth-order valence-corrected chi connectivity index (χ4v) is 6.10. The molecule has 1 saturated heterocycles. The molecule has 36 heavy (non-hydrogen) atoms. The molecule has 5 rings (SSSR count). The number of benzene rings is 2. The van der Waals surface area contributed by atoms with Crippen molar-refractivity contribution in [2.24, 2.45) is 17.8 Å². The largest absolute Gasteiger partial charge is 0.573 e. The lowest BCUT2D eigenvalue weighted by Gasteiger charge is -2.25. The molecular weight excluding hydrogens is 487 g/mol. The molecule has 2 atom stereocenters. The third-order valence-corrected chi connectivity index (χ3v) is 7.60. The molecule has 9 heteroatoms. The number of hydrogen-bond donors (Lipinski definition) is 0. The van der Waals surface area contributed by atoms with E-state index < -0.39 is 6.36 Å². The van der Waals surface area contributed by atoms with Gasteiger partial charge in [0.25, 0.3) is 5.91 Å². The molecule has 2 unspecified atom stereocenters. The van der Waals surface area contributed by atoms with Crippen LogP contribution in [0.25, 0.3) is 0 Å². The minimum Gasteiger partial charge on any atom is -0.406 e. The fourth-order valence-electron chi connectivity index (χ4n) is 5.57. The molecule has 1 amide bonds. The van der Waals surface area contributed by atoms with E-state index in [0.717, 1.165) is 19.6 Å². The molecule has 1 aromatic heterocycles. The van der Waals surface area contributed by atoms with Crippen molar-refractivity contribution in [2.45, 2.75) is 33.3 Å². The molecule has 2 heterocycles. The maximum atomic E-state index is 13.2. The van der Waals surface area contributed by atoms with E-state index in [9.17, 15) is 18.0 Å². The Morgan fingerprint density at radius 2 is 1.83 bits per heavy atom. The van der Waals surface area contributed by atoms with Crippen LogP contribution in [0.15, 0.2) is 53.4 Å². The molecule has 0 N–H and O–H groups in total. The monoisotopic (exact) mass is 515 g/mol. The van der Waals surface area contributed by atoms with Crippen molar-refractivity contribution >= 4 is 17.2 Å². The topological polar surface area (TPSA) is 45.7 Å². The van der Waals surface area contributed by atoms with Gasteiger partial charge in [-0.05, 0) is 54.9 Å². The maximum Gasteiger partial charge on any atom is 0.573 e. The number of fused-ring (bicyclic) bond motifs is 1. The molecular formula is C27H28F3N3O2S. The molecule has 2 aromatic carbocycles. The molecule has 190 valence electrons. The second-order valence-electron chi connectivity index (χ2n) is 9.94. The summed E-state index contributed by atoms with van der Waals surface area (Å²) < 4.78 is 42.1. The Balaban J connectivity index is 1.24. The van der Waals surface area contributed by atoms with Crippen LogP contribution in [-0.2, 0) is 13.1 Å². The van der Waals surface area contributed by atoms with Gasteiger partial charge in [0.05, 0.1) is 5.51 Å². The van der Waals surface area contributed by atoms with E-state index in [0.29, 0.717) is 35.6 Å². The van der Waals surface area contributed by atoms with E-state index in [1.165, 1.54) is 46.2 Å². The van der Waals surface area contributed by atoms with Gasteiger partial charge in [0.15, 0.2) is 0 Å². The molecule has 1 aliphatic heterocycles. The summed E-state index contributed by atoms with van der Waals surface area (Å²) in [4.78, 5) is 21.6. The van der Waals surface area contributed by atoms with Crippen LogP contribution in [0.3, 0.4) is 0 Å². The van der Waals surface area contributed by atoms with Gasteiger partial charge in [0.1, 0.15) is 11.4 Å². The number of aromatic nitrogens is 1. The van der Waals surface area contributed by atoms with E-state index in [1.54, 1.807) is 21.9 Å². The third kappa shape index (κ3) is 5.90. The standard InChI is InChI=1S/C27H28F3N3O2S/c1-17-6-18(2)8-20(7-17)10-32-12-22-23(13-32)24(22)14-33(26(34)25-15-36-16-31-25)11-19-4-3-5-21(9-19)35-27(28,29)30/h3-9,15-16,22-24H,10-14H2,1-2H3. The molecule has 3 aromatic rings. The number of ether oxygens (including phenoxy) is 1. The first-order valence-electron chi connectivity index (χ1n) is 12.0. The summed E-state index contributed by atoms with van der Waals surface area (Å²) in [7, 11) is 0. The van der Waals surface area contributed by atoms with Crippen LogP contribution in [0, 0.1) is 31.6 Å². The van der Waals surface area contributed by atoms with Crippen LogP contribution < -0.4 is 4.74 Å². The lowest BCUT2D eigenvalue weighted by atomic mass is 10.1. The Bertz CT molecular complexity index is 1200. The minimum absolute atomic E-state index is 0.199. The number of halogens is 3. The summed E-state index contributed by atoms with van der Waals surface area (Å²) in [6.07, 6.45) is -4.76. The number of carbonyl (C=O) groups excluding carboxylic acids is 1. The van der Waals surface area contributed by atoms with Crippen molar-refractivity contribution < 1.29 is 22.7 Å². The van der Waals surface area contributed by atoms with Crippen molar-refractivity contribution in [3.05, 3.63) is 81.3 Å². The normalized spacial score (nSPS) is 21.3. The molecule has 5 nitrogen and oxygen atoms in total. The zero-order valence-electron chi connectivity index (χ0n) is 20.2. The van der Waals surface area contributed by atoms with Gasteiger partial charge in [-0.25, -0.2) is 4.98 Å². The Morgan fingerprint density at radius 3 is 2.47 bits per heavy atom. The smallest absolute Gasteiger partial charge is 0.406 e. The van der Waals surface area contributed by atoms with Gasteiger partial charge >= 0.3 is 6.36 Å². The number of carbonyl (C=O) groups is 1. The SMILES string of the molecule is Cc1cc(C)cc(CN2CC3C(C2)C3CN(Cc2cccc(OC(F)(F)F)c2)C(=O)c2cscn2)c1. The summed E-state index contributed by atoms with van der Waals surface area (Å²) in [5.41, 5.74) is 6.43. The van der Waals surface area contributed by atoms with Crippen LogP contribution in [0.5, 0.6) is 5.75 Å². The zero-order chi connectivity index (χ0) is 25.4. The van der Waals surface area contributed by atoms with Crippen molar-refractivity contribution in [3.8, 4) is 5.75 Å². The van der Waals surface area contributed by atoms with Gasteiger partial charge in [-0.3, -0.25) is 9.69 Å². The first kappa shape index (κ1) is 24.8. The number of hydrogen-bond acceptors (Lipinski definition) is 5. The lowest BCUT2D eigenvalue weighted by molar-refractivity contribution is -0.274. The van der Waals surface area contributed by atoms with Gasteiger partial charge in [-0.2, -0.15) is 0 Å². The van der Waals surface area contributed by atoms with Crippen molar-refractivity contribution in [1.29, 1.82) is 0 Å². The summed E-state index contributed by atoms with van der Waals surface area (Å²) in [5, 5.41) is 1.71. The van der Waals surface area contributed by atoms with Crippen LogP contribution in [0.1, 0.15) is 32.7 Å². The highest BCUT2D eigenvalue weighted by atomic mass is 32.1. The molecule has 2 fully saturated rings. The first-order chi connectivity index (χ1) is 17.1. The zero-order valence-corrected chi connectivity index (χ0v) is 21.0. The molecule has 1 aliphatic carbocycles. The number of aryl methyl sites for hydroxylation is 2. The summed E-state index contributed by atoms with van der Waals surface area (Å²) in [6.45, 7) is 7.92. The molecule has 0 spiro atoms. The van der Waals surface area contributed by atoms with Crippen molar-refractivity contribution in [3.63, 3.8) is 0 Å². The molecule has 0 bridgehead atoms. The highest BCUT2D eigenvalue weighted by Gasteiger charge is 2.55. The number of rotatable bonds is 8. The third-order valence-electron chi connectivity index (χ3n) is 7.01. The van der Waals surface area contributed by atoms with Gasteiger partial charge in [-0.15, -0.1) is 24.5 Å². The van der Waals surface area contributed by atoms with Crippen LogP contribution in [-0.4, -0.2) is 46.7 Å². The number of likely N-dealkylation sites (tertiary alicyclic amines) is 1. The second kappa shape index (κ2) is 9.86. The van der Waals surface area contributed by atoms with Gasteiger partial charge in [0, 0.05) is 38.1 Å². The first-order valence-corrected chi connectivity index (χ1v) is 12.9. The maximum absolute atomic E-state index is 13.2. The van der Waals surface area contributed by atoms with Crippen molar-refractivity contribution in [2.75, 3.05) is 19.6 Å². The quantitative estimate of drug-likeness (QED) is 0.387. The summed E-state index contributed by atoms with van der Waals surface area (Å²) in [6, 6.07) is 12.5. The summed E-state index contributed by atoms with van der Waals surface area (Å²) >= 11 is 1.34. The Kier molecular flexibility index (Phi) is 6.78. The predicted molar refractivity (Wildman–Crippen MR) is 132 cm³/mol. The molecule has 1 saturated carbocycles. The number of amides is 1. The Hall–Kier alpha value is -2.91. The van der Waals surface area contributed by atoms with Gasteiger partial charge < -0.3 is 9.64 Å². The predicted octanol–water partition coefficient (Wildman–Crippen LogP) is 5.68. The van der Waals surface area contributed by atoms with E-state index in [1.807, 2.05) is 0 Å². The van der Waals surface area contributed by atoms with Crippen molar-refractivity contribution in [1.82, 2.24) is 14.8 Å². The van der Waals surface area contributed by atoms with Crippen LogP contribution in [0.2, 0.25) is 0 Å². The molecule has 2 aliphatic rings. The van der Waals surface area contributed by atoms with E-state index >= 15 is 0 Å². The number of thiazole rings is 1. The minimum atomic E-state index is -4.76. The highest BCUT2D eigenvalue weighted by molar-refractivity contribution is 7.07. The van der Waals surface area contributed by atoms with Crippen LogP contribution >= 0.6 is 11.3 Å². The number of alkyl halides is 3. The van der Waals surface area contributed by atoms with Gasteiger partial charge in [-0.1, -0.05) is 41.5 Å². The fraction of sp³-hybridized carbons (Fsp3) is 0.407. The summed E-state index contributed by atoms with van der Waals surface area (Å²) in [5.74, 6) is 0.961. The second-order valence-corrected chi connectivity index (χ2v) is 10.7. The highest BCUT2D eigenvalue weighted by Crippen LogP contribution is 2.52. The van der Waals surface area contributed by atoms with E-state index in [2.05, 4.69) is 46.7 Å². The number of nitrogens with zero attached hydrogens (tertiary/aromatic N) is 3. The molecule has 0 radical (unpaired) electrons. The number of piperidine rings is 1. The lowest BCUT2D eigenvalue weighted by Crippen LogP contribution is -2.35. The Morgan fingerprint density at radius 1 is 1.11 bits per heavy atom. The van der Waals surface area contributed by atoms with Crippen LogP contribution in [0.4, 0.5) is 13.2 Å². The van der Waals surface area contributed by atoms with Gasteiger partial charge in [0.2, 0.25) is 0 Å². The average molecular weight is 516 g/mol. The van der Waals surface area contributed by atoms with E-state index in [-0.39, 0.29) is 18.2 Å². The van der Waals surface area contributed by atoms with E-state index in [4.69, 9.17) is 0 Å².